The molecule has 5 rings (SSSR count). The van der Waals surface area contributed by atoms with E-state index < -0.39 is 0 Å². The largest absolute Gasteiger partial charge is 0.508 e. The number of carbonyl (C=O) groups excluding carboxylic acids is 1. The molecule has 180 valence electrons. The molecule has 1 aliphatic carbocycles. The van der Waals surface area contributed by atoms with Gasteiger partial charge in [-0.1, -0.05) is 37.1 Å². The summed E-state index contributed by atoms with van der Waals surface area (Å²) in [5.74, 6) is 0.258. The van der Waals surface area contributed by atoms with Gasteiger partial charge < -0.3 is 10.4 Å². The third-order valence-corrected chi connectivity index (χ3v) is 7.98. The molecule has 2 aromatic carbocycles. The number of nitrogens with one attached hydrogen (secondary N) is 1. The Morgan fingerprint density at radius 2 is 1.88 bits per heavy atom. The number of nitrogens with zero attached hydrogens (tertiary/aromatic N) is 2. The van der Waals surface area contributed by atoms with Crippen LogP contribution in [-0.4, -0.2) is 58.6 Å². The minimum absolute atomic E-state index is 0.00904. The monoisotopic (exact) mass is 459 g/mol. The lowest BCUT2D eigenvalue weighted by Gasteiger charge is -2.29. The van der Waals surface area contributed by atoms with E-state index in [9.17, 15) is 9.90 Å². The van der Waals surface area contributed by atoms with E-state index in [-0.39, 0.29) is 11.7 Å². The fraction of sp³-hybridized carbons (Fsp3) is 0.483. The number of amides is 1. The maximum Gasteiger partial charge on any atom is 0.251 e. The highest BCUT2D eigenvalue weighted by Gasteiger charge is 2.37. The summed E-state index contributed by atoms with van der Waals surface area (Å²) in [7, 11) is 0. The molecule has 2 heterocycles. The van der Waals surface area contributed by atoms with Crippen LogP contribution in [0.2, 0.25) is 0 Å². The zero-order valence-electron chi connectivity index (χ0n) is 20.1. The van der Waals surface area contributed by atoms with Gasteiger partial charge in [-0.15, -0.1) is 6.58 Å². The zero-order chi connectivity index (χ0) is 23.5. The van der Waals surface area contributed by atoms with Crippen LogP contribution in [0.5, 0.6) is 5.75 Å². The fourth-order valence-corrected chi connectivity index (χ4v) is 6.18. The molecule has 2 bridgehead atoms. The van der Waals surface area contributed by atoms with Gasteiger partial charge >= 0.3 is 0 Å². The topological polar surface area (TPSA) is 55.8 Å². The number of likely N-dealkylation sites (tertiary alicyclic amines) is 1. The first-order valence-corrected chi connectivity index (χ1v) is 12.9. The second-order valence-corrected chi connectivity index (χ2v) is 10.3. The molecule has 0 aromatic heterocycles. The Hall–Kier alpha value is -2.63. The Labute approximate surface area is 203 Å². The van der Waals surface area contributed by atoms with Gasteiger partial charge in [-0.25, -0.2) is 0 Å². The fourth-order valence-electron chi connectivity index (χ4n) is 6.18. The highest BCUT2D eigenvalue weighted by Crippen LogP contribution is 2.35. The lowest BCUT2D eigenvalue weighted by atomic mass is 9.95. The number of hydrogen-bond donors (Lipinski definition) is 2. The summed E-state index contributed by atoms with van der Waals surface area (Å²) in [5, 5.41) is 13.4. The molecule has 34 heavy (non-hydrogen) atoms. The van der Waals surface area contributed by atoms with Crippen molar-refractivity contribution < 1.29 is 9.90 Å². The van der Waals surface area contributed by atoms with Crippen molar-refractivity contribution in [1.29, 1.82) is 0 Å². The number of benzene rings is 2. The van der Waals surface area contributed by atoms with Crippen molar-refractivity contribution >= 4 is 5.91 Å². The van der Waals surface area contributed by atoms with E-state index in [2.05, 4.69) is 27.8 Å². The number of aromatic hydroxyl groups is 1. The van der Waals surface area contributed by atoms with Crippen molar-refractivity contribution in [2.45, 2.75) is 69.6 Å². The van der Waals surface area contributed by atoms with Gasteiger partial charge in [0.15, 0.2) is 0 Å². The van der Waals surface area contributed by atoms with Crippen molar-refractivity contribution in [3.8, 4) is 16.9 Å². The Bertz CT molecular complexity index is 1030. The molecule has 2 N–H and O–H groups in total. The smallest absolute Gasteiger partial charge is 0.251 e. The van der Waals surface area contributed by atoms with Crippen LogP contribution in [0.1, 0.15) is 60.9 Å². The normalized spacial score (nSPS) is 23.6. The van der Waals surface area contributed by atoms with E-state index in [4.69, 9.17) is 0 Å². The standard InChI is InChI=1S/C29H37N3O2/c1-2-15-31-16-14-25-12-13-26(20-31)32(25)19-23-11-10-22(29(34)30-24-7-3-4-8-24)18-28(23)21-6-5-9-27(33)17-21/h2,5-6,9-11,17-18,24-26,33H,1,3-4,7-8,12-16,19-20H2,(H,30,34). The highest BCUT2D eigenvalue weighted by atomic mass is 16.3. The van der Waals surface area contributed by atoms with Crippen molar-refractivity contribution in [1.82, 2.24) is 15.1 Å². The minimum atomic E-state index is 0.00904. The zero-order valence-corrected chi connectivity index (χ0v) is 20.1. The third-order valence-electron chi connectivity index (χ3n) is 7.98. The molecule has 2 aliphatic heterocycles. The predicted molar refractivity (Wildman–Crippen MR) is 137 cm³/mol. The molecule has 2 unspecified atom stereocenters. The quantitative estimate of drug-likeness (QED) is 0.575. The van der Waals surface area contributed by atoms with Gasteiger partial charge in [-0.3, -0.25) is 14.6 Å². The summed E-state index contributed by atoms with van der Waals surface area (Å²) in [6.45, 7) is 7.97. The van der Waals surface area contributed by atoms with E-state index in [0.717, 1.165) is 50.1 Å². The summed E-state index contributed by atoms with van der Waals surface area (Å²) < 4.78 is 0. The Morgan fingerprint density at radius 3 is 2.68 bits per heavy atom. The maximum absolute atomic E-state index is 13.0. The molecule has 5 heteroatoms. The molecule has 3 aliphatic rings. The second kappa shape index (κ2) is 10.3. The van der Waals surface area contributed by atoms with Gasteiger partial charge in [0, 0.05) is 49.9 Å². The summed E-state index contributed by atoms with van der Waals surface area (Å²) in [5.41, 5.74) is 3.92. The number of phenolic OH excluding ortho intramolecular Hbond substituents is 1. The Kier molecular flexibility index (Phi) is 7.02. The van der Waals surface area contributed by atoms with Crippen LogP contribution in [-0.2, 0) is 6.54 Å². The van der Waals surface area contributed by atoms with Gasteiger partial charge in [0.1, 0.15) is 5.75 Å². The molecule has 3 fully saturated rings. The molecule has 5 nitrogen and oxygen atoms in total. The SMILES string of the molecule is C=CCN1CCC2CCC(C1)N2Cc1ccc(C(=O)NC2CCCC2)cc1-c1cccc(O)c1. The number of fused-ring (bicyclic) bond motifs is 2. The summed E-state index contributed by atoms with van der Waals surface area (Å²) in [4.78, 5) is 18.2. The molecule has 2 aromatic rings. The van der Waals surface area contributed by atoms with Crippen molar-refractivity contribution in [2.24, 2.45) is 0 Å². The van der Waals surface area contributed by atoms with Gasteiger partial charge in [0.05, 0.1) is 0 Å². The van der Waals surface area contributed by atoms with E-state index in [1.54, 1.807) is 12.1 Å². The molecule has 2 atom stereocenters. The van der Waals surface area contributed by atoms with E-state index in [1.165, 1.54) is 37.7 Å². The van der Waals surface area contributed by atoms with Crippen LogP contribution in [0, 0.1) is 0 Å². The third kappa shape index (κ3) is 5.06. The van der Waals surface area contributed by atoms with Crippen molar-refractivity contribution in [3.63, 3.8) is 0 Å². The molecular weight excluding hydrogens is 422 g/mol. The average Bonchev–Trinajstić information content (AvgIpc) is 3.43. The lowest BCUT2D eigenvalue weighted by Crippen LogP contribution is -2.38. The first kappa shape index (κ1) is 23.1. The van der Waals surface area contributed by atoms with Crippen molar-refractivity contribution in [3.05, 3.63) is 66.2 Å². The van der Waals surface area contributed by atoms with E-state index >= 15 is 0 Å². The van der Waals surface area contributed by atoms with Crippen LogP contribution in [0.3, 0.4) is 0 Å². The van der Waals surface area contributed by atoms with E-state index in [0.29, 0.717) is 23.7 Å². The number of rotatable bonds is 7. The average molecular weight is 460 g/mol. The first-order chi connectivity index (χ1) is 16.6. The van der Waals surface area contributed by atoms with Gasteiger partial charge in [-0.05, 0) is 73.1 Å². The summed E-state index contributed by atoms with van der Waals surface area (Å²) in [6.07, 6.45) is 10.2. The number of hydrogen-bond acceptors (Lipinski definition) is 4. The molecule has 2 saturated heterocycles. The first-order valence-electron chi connectivity index (χ1n) is 12.9. The van der Waals surface area contributed by atoms with Crippen LogP contribution in [0.25, 0.3) is 11.1 Å². The molecule has 1 amide bonds. The maximum atomic E-state index is 13.0. The Balaban J connectivity index is 1.43. The van der Waals surface area contributed by atoms with Gasteiger partial charge in [-0.2, -0.15) is 0 Å². The molecule has 1 saturated carbocycles. The minimum Gasteiger partial charge on any atom is -0.508 e. The number of phenols is 1. The molecule has 0 spiro atoms. The highest BCUT2D eigenvalue weighted by molar-refractivity contribution is 5.96. The predicted octanol–water partition coefficient (Wildman–Crippen LogP) is 4.96. The molecular formula is C29H37N3O2. The number of carbonyl (C=O) groups is 1. The summed E-state index contributed by atoms with van der Waals surface area (Å²) >= 11 is 0. The Morgan fingerprint density at radius 1 is 1.06 bits per heavy atom. The van der Waals surface area contributed by atoms with Crippen molar-refractivity contribution in [2.75, 3.05) is 19.6 Å². The van der Waals surface area contributed by atoms with Crippen LogP contribution >= 0.6 is 0 Å². The van der Waals surface area contributed by atoms with Crippen LogP contribution < -0.4 is 5.32 Å². The van der Waals surface area contributed by atoms with Crippen LogP contribution in [0.4, 0.5) is 0 Å². The van der Waals surface area contributed by atoms with E-state index in [1.807, 2.05) is 30.3 Å². The van der Waals surface area contributed by atoms with Gasteiger partial charge in [0.25, 0.3) is 5.91 Å². The summed E-state index contributed by atoms with van der Waals surface area (Å²) in [6, 6.07) is 15.0. The second-order valence-electron chi connectivity index (χ2n) is 10.3. The lowest BCUT2D eigenvalue weighted by molar-refractivity contribution is 0.0938. The molecule has 0 radical (unpaired) electrons. The van der Waals surface area contributed by atoms with Crippen LogP contribution in [0.15, 0.2) is 55.1 Å². The van der Waals surface area contributed by atoms with Gasteiger partial charge in [0.2, 0.25) is 0 Å².